The lowest BCUT2D eigenvalue weighted by Gasteiger charge is -2.20. The van der Waals surface area contributed by atoms with Crippen LogP contribution in [0.2, 0.25) is 0 Å². The SMILES string of the molecule is CC(C)(C)c1ccc(S(=O)(=O)NCCC2CCC(=O)N(CC3CC3)CC2)cc1. The van der Waals surface area contributed by atoms with E-state index in [-0.39, 0.29) is 11.3 Å². The normalized spacial score (nSPS) is 21.6. The second kappa shape index (κ2) is 8.54. The van der Waals surface area contributed by atoms with Gasteiger partial charge in [0.15, 0.2) is 0 Å². The van der Waals surface area contributed by atoms with Crippen molar-refractivity contribution in [2.75, 3.05) is 19.6 Å². The average molecular weight is 407 g/mol. The van der Waals surface area contributed by atoms with Gasteiger partial charge in [0.05, 0.1) is 4.90 Å². The Kier molecular flexibility index (Phi) is 6.50. The van der Waals surface area contributed by atoms with E-state index in [1.54, 1.807) is 12.1 Å². The topological polar surface area (TPSA) is 66.5 Å². The van der Waals surface area contributed by atoms with Gasteiger partial charge in [-0.15, -0.1) is 0 Å². The van der Waals surface area contributed by atoms with Crippen molar-refractivity contribution in [2.45, 2.75) is 69.6 Å². The van der Waals surface area contributed by atoms with Crippen molar-refractivity contribution in [2.24, 2.45) is 11.8 Å². The van der Waals surface area contributed by atoms with Crippen molar-refractivity contribution in [3.8, 4) is 0 Å². The van der Waals surface area contributed by atoms with Crippen LogP contribution in [0.1, 0.15) is 64.9 Å². The van der Waals surface area contributed by atoms with E-state index >= 15 is 0 Å². The molecule has 0 radical (unpaired) electrons. The van der Waals surface area contributed by atoms with Crippen LogP contribution >= 0.6 is 0 Å². The molecule has 2 aliphatic rings. The summed E-state index contributed by atoms with van der Waals surface area (Å²) in [5, 5.41) is 0. The van der Waals surface area contributed by atoms with E-state index in [2.05, 4.69) is 25.5 Å². The summed E-state index contributed by atoms with van der Waals surface area (Å²) in [5.41, 5.74) is 1.12. The molecule has 1 aromatic rings. The van der Waals surface area contributed by atoms with E-state index in [4.69, 9.17) is 0 Å². The predicted molar refractivity (Wildman–Crippen MR) is 112 cm³/mol. The molecule has 1 atom stereocenters. The number of hydrogen-bond acceptors (Lipinski definition) is 3. The Bertz CT molecular complexity index is 777. The van der Waals surface area contributed by atoms with E-state index in [1.807, 2.05) is 17.0 Å². The van der Waals surface area contributed by atoms with Crippen molar-refractivity contribution in [1.29, 1.82) is 0 Å². The zero-order valence-corrected chi connectivity index (χ0v) is 18.2. The third kappa shape index (κ3) is 5.80. The smallest absolute Gasteiger partial charge is 0.240 e. The molecule has 156 valence electrons. The highest BCUT2D eigenvalue weighted by Crippen LogP contribution is 2.31. The van der Waals surface area contributed by atoms with Gasteiger partial charge in [-0.05, 0) is 67.1 Å². The number of hydrogen-bond donors (Lipinski definition) is 1. The fourth-order valence-electron chi connectivity index (χ4n) is 3.80. The van der Waals surface area contributed by atoms with Crippen LogP contribution in [0, 0.1) is 11.8 Å². The van der Waals surface area contributed by atoms with Gasteiger partial charge in [-0.1, -0.05) is 32.9 Å². The van der Waals surface area contributed by atoms with E-state index in [1.165, 1.54) is 12.8 Å². The van der Waals surface area contributed by atoms with Gasteiger partial charge in [0.25, 0.3) is 0 Å². The Morgan fingerprint density at radius 2 is 1.71 bits per heavy atom. The maximum atomic E-state index is 12.6. The first-order valence-electron chi connectivity index (χ1n) is 10.5. The summed E-state index contributed by atoms with van der Waals surface area (Å²) in [6.07, 6.45) is 5.72. The van der Waals surface area contributed by atoms with Gasteiger partial charge in [-0.2, -0.15) is 0 Å². The van der Waals surface area contributed by atoms with Gasteiger partial charge in [-0.25, -0.2) is 13.1 Å². The first-order chi connectivity index (χ1) is 13.1. The highest BCUT2D eigenvalue weighted by Gasteiger charge is 2.29. The molecule has 6 heteroatoms. The molecule has 1 unspecified atom stereocenters. The molecule has 28 heavy (non-hydrogen) atoms. The van der Waals surface area contributed by atoms with Crippen LogP contribution in [0.25, 0.3) is 0 Å². The van der Waals surface area contributed by atoms with Crippen LogP contribution in [0.4, 0.5) is 0 Å². The van der Waals surface area contributed by atoms with Crippen LogP contribution in [-0.4, -0.2) is 38.9 Å². The first-order valence-corrected chi connectivity index (χ1v) is 12.0. The maximum Gasteiger partial charge on any atom is 0.240 e. The second-order valence-corrected chi connectivity index (χ2v) is 11.2. The Balaban J connectivity index is 1.48. The molecule has 1 heterocycles. The number of likely N-dealkylation sites (tertiary alicyclic amines) is 1. The first kappa shape index (κ1) is 21.3. The average Bonchev–Trinajstić information content (AvgIpc) is 3.46. The van der Waals surface area contributed by atoms with Crippen LogP contribution in [0.5, 0.6) is 0 Å². The Morgan fingerprint density at radius 1 is 1.04 bits per heavy atom. The Hall–Kier alpha value is -1.40. The fourth-order valence-corrected chi connectivity index (χ4v) is 4.85. The largest absolute Gasteiger partial charge is 0.342 e. The summed E-state index contributed by atoms with van der Waals surface area (Å²) >= 11 is 0. The molecule has 1 aromatic carbocycles. The summed E-state index contributed by atoms with van der Waals surface area (Å²) < 4.78 is 27.9. The number of sulfonamides is 1. The lowest BCUT2D eigenvalue weighted by atomic mass is 9.87. The monoisotopic (exact) mass is 406 g/mol. The van der Waals surface area contributed by atoms with Gasteiger partial charge in [0.2, 0.25) is 15.9 Å². The van der Waals surface area contributed by atoms with E-state index < -0.39 is 10.0 Å². The second-order valence-electron chi connectivity index (χ2n) is 9.44. The summed E-state index contributed by atoms with van der Waals surface area (Å²) in [7, 11) is -3.49. The Labute approximate surface area is 169 Å². The molecule has 1 aliphatic heterocycles. The minimum atomic E-state index is -3.49. The summed E-state index contributed by atoms with van der Waals surface area (Å²) in [6, 6.07) is 7.14. The molecule has 0 bridgehead atoms. The number of nitrogens with one attached hydrogen (secondary N) is 1. The van der Waals surface area contributed by atoms with Gasteiger partial charge in [0.1, 0.15) is 0 Å². The molecule has 1 saturated carbocycles. The maximum absolute atomic E-state index is 12.6. The summed E-state index contributed by atoms with van der Waals surface area (Å²) in [5.74, 6) is 1.39. The van der Waals surface area contributed by atoms with Crippen molar-refractivity contribution >= 4 is 15.9 Å². The van der Waals surface area contributed by atoms with Crippen molar-refractivity contribution in [3.05, 3.63) is 29.8 Å². The van der Waals surface area contributed by atoms with Gasteiger partial charge < -0.3 is 4.90 Å². The number of carbonyl (C=O) groups is 1. The lowest BCUT2D eigenvalue weighted by Crippen LogP contribution is -2.32. The molecule has 1 N–H and O–H groups in total. The molecule has 5 nitrogen and oxygen atoms in total. The molecular weight excluding hydrogens is 372 g/mol. The van der Waals surface area contributed by atoms with Crippen molar-refractivity contribution < 1.29 is 13.2 Å². The number of carbonyl (C=O) groups excluding carboxylic acids is 1. The van der Waals surface area contributed by atoms with Crippen LogP contribution in [0.15, 0.2) is 29.2 Å². The van der Waals surface area contributed by atoms with Crippen LogP contribution in [-0.2, 0) is 20.2 Å². The molecule has 2 fully saturated rings. The van der Waals surface area contributed by atoms with Crippen molar-refractivity contribution in [3.63, 3.8) is 0 Å². The quantitative estimate of drug-likeness (QED) is 0.751. The van der Waals surface area contributed by atoms with E-state index in [0.717, 1.165) is 43.8 Å². The number of amides is 1. The standard InChI is InChI=1S/C22H34N2O3S/c1-22(2,3)19-7-9-20(10-8-19)28(26,27)23-14-12-17-6-11-21(25)24(15-13-17)16-18-4-5-18/h7-10,17-18,23H,4-6,11-16H2,1-3H3. The van der Waals surface area contributed by atoms with Crippen molar-refractivity contribution in [1.82, 2.24) is 9.62 Å². The highest BCUT2D eigenvalue weighted by atomic mass is 32.2. The summed E-state index contributed by atoms with van der Waals surface area (Å²) in [6.45, 7) is 8.49. The van der Waals surface area contributed by atoms with Crippen LogP contribution in [0.3, 0.4) is 0 Å². The molecule has 1 saturated heterocycles. The number of rotatable bonds is 7. The minimum absolute atomic E-state index is 0.0000356. The number of benzene rings is 1. The molecule has 0 aromatic heterocycles. The molecule has 3 rings (SSSR count). The Morgan fingerprint density at radius 3 is 2.32 bits per heavy atom. The highest BCUT2D eigenvalue weighted by molar-refractivity contribution is 7.89. The van der Waals surface area contributed by atoms with Gasteiger partial charge in [-0.3, -0.25) is 4.79 Å². The zero-order valence-electron chi connectivity index (χ0n) is 17.4. The zero-order chi connectivity index (χ0) is 20.4. The van der Waals surface area contributed by atoms with Crippen LogP contribution < -0.4 is 4.72 Å². The third-order valence-corrected chi connectivity index (χ3v) is 7.45. The minimum Gasteiger partial charge on any atom is -0.342 e. The lowest BCUT2D eigenvalue weighted by molar-refractivity contribution is -0.130. The molecule has 1 aliphatic carbocycles. The fraction of sp³-hybridized carbons (Fsp3) is 0.682. The third-order valence-electron chi connectivity index (χ3n) is 5.98. The van der Waals surface area contributed by atoms with Gasteiger partial charge >= 0.3 is 0 Å². The number of nitrogens with zero attached hydrogens (tertiary/aromatic N) is 1. The van der Waals surface area contributed by atoms with E-state index in [9.17, 15) is 13.2 Å². The predicted octanol–water partition coefficient (Wildman–Crippen LogP) is 3.69. The molecule has 1 amide bonds. The molecule has 0 spiro atoms. The van der Waals surface area contributed by atoms with Gasteiger partial charge in [0, 0.05) is 26.1 Å². The van der Waals surface area contributed by atoms with E-state index in [0.29, 0.717) is 23.8 Å². The molecular formula is C22H34N2O3S. The summed E-state index contributed by atoms with van der Waals surface area (Å²) in [4.78, 5) is 14.6.